The minimum Gasteiger partial charge on any atom is -0.497 e. The molecule has 4 aromatic carbocycles. The highest BCUT2D eigenvalue weighted by Crippen LogP contribution is 2.32. The average Bonchev–Trinajstić information content (AvgIpc) is 3.52. The number of primary sulfonamides is 2. The maximum Gasteiger partial charge on any atom is 0.238 e. The maximum atomic E-state index is 11.9. The van der Waals surface area contributed by atoms with Gasteiger partial charge in [0.05, 0.1) is 48.2 Å². The molecule has 0 bridgehead atoms. The Labute approximate surface area is 305 Å². The minimum absolute atomic E-state index is 0.0485. The number of halogens is 2. The Morgan fingerprint density at radius 2 is 1.32 bits per heavy atom. The van der Waals surface area contributed by atoms with E-state index in [4.69, 9.17) is 31.3 Å². The lowest BCUT2D eigenvalue weighted by molar-refractivity contribution is 0.290. The number of rotatable bonds is 11. The number of nitrogens with two attached hydrogens (primary N) is 4. The Balaban J connectivity index is 0.000000225. The smallest absolute Gasteiger partial charge is 0.238 e. The summed E-state index contributed by atoms with van der Waals surface area (Å²) in [6, 6.07) is 23.9. The molecule has 0 saturated carbocycles. The van der Waals surface area contributed by atoms with E-state index in [2.05, 4.69) is 52.5 Å². The Morgan fingerprint density at radius 3 is 1.86 bits per heavy atom. The van der Waals surface area contributed by atoms with E-state index in [9.17, 15) is 16.8 Å². The van der Waals surface area contributed by atoms with Crippen LogP contribution in [-0.4, -0.2) is 62.2 Å². The summed E-state index contributed by atoms with van der Waals surface area (Å²) in [5.41, 5.74) is 8.24. The van der Waals surface area contributed by atoms with Gasteiger partial charge < -0.3 is 15.2 Å². The SMILES string of the molecule is COc1ccc(CN(N)/N=C(\N)c2c(Br)cccc2S(N)(=O)=O)cc1.COc1ccc(Cn2nnnc2-c2c(Br)cccc2S(N)(=O)=O)cc1. The van der Waals surface area contributed by atoms with Crippen LogP contribution in [0.4, 0.5) is 0 Å². The van der Waals surface area contributed by atoms with Crippen molar-refractivity contribution in [1.82, 2.24) is 25.3 Å². The van der Waals surface area contributed by atoms with E-state index in [1.807, 2.05) is 36.4 Å². The fourth-order valence-corrected chi connectivity index (χ4v) is 7.38. The van der Waals surface area contributed by atoms with Gasteiger partial charge in [0.2, 0.25) is 20.0 Å². The van der Waals surface area contributed by atoms with E-state index in [1.165, 1.54) is 22.9 Å². The van der Waals surface area contributed by atoms with Crippen LogP contribution in [0.1, 0.15) is 16.7 Å². The van der Waals surface area contributed by atoms with Crippen LogP contribution in [0, 0.1) is 0 Å². The van der Waals surface area contributed by atoms with E-state index in [0.29, 0.717) is 26.9 Å². The molecule has 8 N–H and O–H groups in total. The molecule has 0 aliphatic carbocycles. The molecule has 0 unspecified atom stereocenters. The number of tetrazole rings is 1. The van der Waals surface area contributed by atoms with Crippen molar-refractivity contribution < 1.29 is 26.3 Å². The maximum absolute atomic E-state index is 11.9. The fourth-order valence-electron chi connectivity index (χ4n) is 4.48. The van der Waals surface area contributed by atoms with Gasteiger partial charge in [0.15, 0.2) is 11.7 Å². The largest absolute Gasteiger partial charge is 0.497 e. The Bertz CT molecular complexity index is 2200. The van der Waals surface area contributed by atoms with Crippen LogP contribution in [0.5, 0.6) is 11.5 Å². The number of hydrogen-bond donors (Lipinski definition) is 4. The standard InChI is InChI=1S/C15H14BrN5O3S.C15H18BrN5O3S/c1-24-11-7-5-10(6-8-11)9-21-15(18-19-20-21)14-12(16)3-2-4-13(14)25(17,22)23;1-24-11-7-5-10(6-8-11)9-21(18)20-15(17)14-12(16)3-2-4-13(14)25(19,22)23/h2-8H,9H2,1H3,(H2,17,22,23);2-8H,9,18H2,1H3,(H2,17,20)(H2,19,22,23). The molecule has 1 heterocycles. The van der Waals surface area contributed by atoms with Gasteiger partial charge in [0.25, 0.3) is 0 Å². The molecule has 264 valence electrons. The van der Waals surface area contributed by atoms with Gasteiger partial charge in [0.1, 0.15) is 11.5 Å². The monoisotopic (exact) mass is 850 g/mol. The molecule has 0 saturated heterocycles. The van der Waals surface area contributed by atoms with E-state index in [0.717, 1.165) is 27.7 Å². The Morgan fingerprint density at radius 1 is 0.800 bits per heavy atom. The number of nitrogens with zero attached hydrogens (tertiary/aromatic N) is 6. The minimum atomic E-state index is -3.97. The van der Waals surface area contributed by atoms with Crippen LogP contribution in [0.3, 0.4) is 0 Å². The molecular formula is C30H32Br2N10O6S2. The molecule has 0 atom stereocenters. The van der Waals surface area contributed by atoms with Crippen LogP contribution >= 0.6 is 31.9 Å². The van der Waals surface area contributed by atoms with Crippen molar-refractivity contribution in [3.63, 3.8) is 0 Å². The Kier molecular flexibility index (Phi) is 12.7. The number of hydrogen-bond acceptors (Lipinski definition) is 12. The second-order valence-electron chi connectivity index (χ2n) is 10.3. The number of amidine groups is 1. The van der Waals surface area contributed by atoms with Gasteiger partial charge >= 0.3 is 0 Å². The molecule has 50 heavy (non-hydrogen) atoms. The Hall–Kier alpha value is -4.44. The van der Waals surface area contributed by atoms with Crippen molar-refractivity contribution in [3.8, 4) is 22.9 Å². The van der Waals surface area contributed by atoms with Gasteiger partial charge in [-0.25, -0.2) is 42.8 Å². The molecule has 1 aromatic heterocycles. The second kappa shape index (κ2) is 16.5. The van der Waals surface area contributed by atoms with Crippen LogP contribution < -0.4 is 31.3 Å². The molecule has 0 amide bonds. The zero-order valence-corrected chi connectivity index (χ0v) is 31.3. The summed E-state index contributed by atoms with van der Waals surface area (Å²) in [6.07, 6.45) is 0. The third kappa shape index (κ3) is 9.84. The number of hydrazine groups is 1. The van der Waals surface area contributed by atoms with Crippen LogP contribution in [0.2, 0.25) is 0 Å². The lowest BCUT2D eigenvalue weighted by Gasteiger charge is -2.15. The first-order valence-electron chi connectivity index (χ1n) is 14.1. The molecule has 5 aromatic rings. The number of benzene rings is 4. The first-order valence-corrected chi connectivity index (χ1v) is 18.8. The quantitative estimate of drug-likeness (QED) is 0.0648. The zero-order chi connectivity index (χ0) is 36.6. The van der Waals surface area contributed by atoms with Gasteiger partial charge in [-0.05, 0) is 102 Å². The molecular weight excluding hydrogens is 820 g/mol. The van der Waals surface area contributed by atoms with E-state index < -0.39 is 20.0 Å². The van der Waals surface area contributed by atoms with Gasteiger partial charge in [-0.2, -0.15) is 0 Å². The summed E-state index contributed by atoms with van der Waals surface area (Å²) in [7, 11) is -4.73. The number of methoxy groups -OCH3 is 2. The molecule has 20 heteroatoms. The number of sulfonamides is 2. The van der Waals surface area contributed by atoms with E-state index in [1.54, 1.807) is 44.6 Å². The summed E-state index contributed by atoms with van der Waals surface area (Å²) >= 11 is 6.61. The van der Waals surface area contributed by atoms with Crippen molar-refractivity contribution in [2.24, 2.45) is 27.0 Å². The van der Waals surface area contributed by atoms with Gasteiger partial charge in [-0.3, -0.25) is 0 Å². The third-order valence-electron chi connectivity index (χ3n) is 6.81. The normalized spacial score (nSPS) is 11.8. The molecule has 0 fully saturated rings. The van der Waals surface area contributed by atoms with Crippen LogP contribution in [-0.2, 0) is 33.1 Å². The highest BCUT2D eigenvalue weighted by atomic mass is 79.9. The molecule has 0 spiro atoms. The van der Waals surface area contributed by atoms with Crippen molar-refractivity contribution in [3.05, 3.63) is 111 Å². The molecule has 5 rings (SSSR count). The number of ether oxygens (including phenoxy) is 2. The van der Waals surface area contributed by atoms with Crippen molar-refractivity contribution in [1.29, 1.82) is 0 Å². The number of hydrazone groups is 1. The van der Waals surface area contributed by atoms with Crippen LogP contribution in [0.25, 0.3) is 11.4 Å². The van der Waals surface area contributed by atoms with Gasteiger partial charge in [-0.15, -0.1) is 10.2 Å². The molecule has 0 radical (unpaired) electrons. The summed E-state index contributed by atoms with van der Waals surface area (Å²) in [5.74, 6) is 7.55. The third-order valence-corrected chi connectivity index (χ3v) is 10.0. The van der Waals surface area contributed by atoms with E-state index in [-0.39, 0.29) is 27.7 Å². The zero-order valence-electron chi connectivity index (χ0n) is 26.5. The first kappa shape index (κ1) is 38.4. The van der Waals surface area contributed by atoms with Gasteiger partial charge in [-0.1, -0.05) is 36.4 Å². The summed E-state index contributed by atoms with van der Waals surface area (Å²) < 4.78 is 60.0. The van der Waals surface area contributed by atoms with Crippen molar-refractivity contribution >= 4 is 57.7 Å². The van der Waals surface area contributed by atoms with Crippen molar-refractivity contribution in [2.45, 2.75) is 22.9 Å². The summed E-state index contributed by atoms with van der Waals surface area (Å²) in [4.78, 5) is -0.186. The fraction of sp³-hybridized carbons (Fsp3) is 0.133. The lowest BCUT2D eigenvalue weighted by atomic mass is 10.2. The van der Waals surface area contributed by atoms with Crippen molar-refractivity contribution in [2.75, 3.05) is 14.2 Å². The van der Waals surface area contributed by atoms with Gasteiger partial charge in [0, 0.05) is 8.95 Å². The summed E-state index contributed by atoms with van der Waals surface area (Å²) in [5, 5.41) is 27.3. The predicted octanol–water partition coefficient (Wildman–Crippen LogP) is 2.91. The average molecular weight is 853 g/mol. The van der Waals surface area contributed by atoms with Crippen LogP contribution in [0.15, 0.2) is 109 Å². The first-order chi connectivity index (χ1) is 23.6. The molecule has 0 aliphatic heterocycles. The topological polar surface area (TPSA) is 250 Å². The molecule has 16 nitrogen and oxygen atoms in total. The number of aromatic nitrogens is 4. The van der Waals surface area contributed by atoms with E-state index >= 15 is 0 Å². The predicted molar refractivity (Wildman–Crippen MR) is 193 cm³/mol. The molecule has 0 aliphatic rings. The summed E-state index contributed by atoms with van der Waals surface area (Å²) in [6.45, 7) is 0.623. The lowest BCUT2D eigenvalue weighted by Crippen LogP contribution is -2.30. The highest BCUT2D eigenvalue weighted by Gasteiger charge is 2.23. The highest BCUT2D eigenvalue weighted by molar-refractivity contribution is 9.11. The second-order valence-corrected chi connectivity index (χ2v) is 15.0.